The Kier molecular flexibility index (Phi) is 6.39. The molecule has 0 unspecified atom stereocenters. The number of hydrogen-bond acceptors (Lipinski definition) is 6. The lowest BCUT2D eigenvalue weighted by atomic mass is 10.2. The zero-order valence-electron chi connectivity index (χ0n) is 18.5. The van der Waals surface area contributed by atoms with Gasteiger partial charge in [0.25, 0.3) is 11.3 Å². The monoisotopic (exact) mass is 433 g/mol. The second-order valence-corrected chi connectivity index (χ2v) is 7.81. The second-order valence-electron chi connectivity index (χ2n) is 7.81. The van der Waals surface area contributed by atoms with Crippen molar-refractivity contribution in [3.05, 3.63) is 70.6 Å². The maximum atomic E-state index is 12.6. The maximum Gasteiger partial charge on any atom is 0.274 e. The summed E-state index contributed by atoms with van der Waals surface area (Å²) in [4.78, 5) is 21.7. The molecule has 0 aliphatic carbocycles. The normalized spacial score (nSPS) is 11.1. The molecule has 166 valence electrons. The van der Waals surface area contributed by atoms with E-state index in [4.69, 9.17) is 9.47 Å². The third kappa shape index (κ3) is 4.91. The number of para-hydroxylation sites is 2. The van der Waals surface area contributed by atoms with Crippen LogP contribution < -0.4 is 20.3 Å². The number of benzene rings is 2. The van der Waals surface area contributed by atoms with Gasteiger partial charge >= 0.3 is 0 Å². The molecule has 2 heterocycles. The third-order valence-electron chi connectivity index (χ3n) is 4.74. The number of ether oxygens (including phenoxy) is 2. The summed E-state index contributed by atoms with van der Waals surface area (Å²) in [5.41, 5.74) is 2.07. The van der Waals surface area contributed by atoms with E-state index in [0.29, 0.717) is 43.0 Å². The van der Waals surface area contributed by atoms with E-state index in [1.807, 2.05) is 55.5 Å². The van der Waals surface area contributed by atoms with Gasteiger partial charge < -0.3 is 14.8 Å². The van der Waals surface area contributed by atoms with Crippen molar-refractivity contribution in [2.45, 2.75) is 27.3 Å². The molecule has 8 nitrogen and oxygen atoms in total. The van der Waals surface area contributed by atoms with Gasteiger partial charge in [0.05, 0.1) is 31.1 Å². The lowest BCUT2D eigenvalue weighted by Crippen LogP contribution is -2.17. The molecule has 2 aromatic carbocycles. The Bertz CT molecular complexity index is 1240. The largest absolute Gasteiger partial charge is 0.494 e. The van der Waals surface area contributed by atoms with Crippen molar-refractivity contribution in [3.63, 3.8) is 0 Å². The summed E-state index contributed by atoms with van der Waals surface area (Å²) in [6.07, 6.45) is 0. The smallest absolute Gasteiger partial charge is 0.274 e. The molecule has 4 aromatic rings. The molecule has 32 heavy (non-hydrogen) atoms. The average molecular weight is 434 g/mol. The van der Waals surface area contributed by atoms with E-state index in [-0.39, 0.29) is 5.56 Å². The first kappa shape index (κ1) is 21.4. The lowest BCUT2D eigenvalue weighted by molar-refractivity contribution is 0.272. The van der Waals surface area contributed by atoms with E-state index in [1.165, 1.54) is 10.6 Å². The zero-order chi connectivity index (χ0) is 22.5. The minimum atomic E-state index is -0.221. The number of aromatic nitrogens is 4. The molecule has 0 amide bonds. The molecule has 2 aromatic heterocycles. The highest BCUT2D eigenvalue weighted by atomic mass is 16.5. The predicted molar refractivity (Wildman–Crippen MR) is 124 cm³/mol. The van der Waals surface area contributed by atoms with E-state index in [9.17, 15) is 4.79 Å². The molecule has 0 fully saturated rings. The average Bonchev–Trinajstić information content (AvgIpc) is 3.22. The van der Waals surface area contributed by atoms with Crippen LogP contribution in [0.5, 0.6) is 11.5 Å². The van der Waals surface area contributed by atoms with Gasteiger partial charge in [-0.15, -0.1) is 0 Å². The minimum absolute atomic E-state index is 0.221. The molecule has 0 atom stereocenters. The van der Waals surface area contributed by atoms with Gasteiger partial charge in [-0.05, 0) is 49.2 Å². The van der Waals surface area contributed by atoms with Crippen LogP contribution in [-0.4, -0.2) is 32.8 Å². The van der Waals surface area contributed by atoms with Crippen molar-refractivity contribution < 1.29 is 9.47 Å². The summed E-state index contributed by atoms with van der Waals surface area (Å²) < 4.78 is 12.7. The summed E-state index contributed by atoms with van der Waals surface area (Å²) in [6, 6.07) is 16.8. The molecule has 4 rings (SSSR count). The van der Waals surface area contributed by atoms with E-state index in [0.717, 1.165) is 22.7 Å². The van der Waals surface area contributed by atoms with Crippen LogP contribution in [0, 0.1) is 5.92 Å². The van der Waals surface area contributed by atoms with Crippen LogP contribution in [0.4, 0.5) is 5.69 Å². The fourth-order valence-electron chi connectivity index (χ4n) is 3.20. The Balaban J connectivity index is 1.53. The second kappa shape index (κ2) is 9.55. The van der Waals surface area contributed by atoms with Gasteiger partial charge in [-0.25, -0.2) is 4.98 Å². The van der Waals surface area contributed by atoms with Crippen LogP contribution in [0.1, 0.15) is 26.5 Å². The van der Waals surface area contributed by atoms with Gasteiger partial charge in [-0.1, -0.05) is 26.0 Å². The Morgan fingerprint density at radius 3 is 2.59 bits per heavy atom. The highest BCUT2D eigenvalue weighted by molar-refractivity contribution is 5.58. The van der Waals surface area contributed by atoms with Crippen LogP contribution >= 0.6 is 0 Å². The van der Waals surface area contributed by atoms with Crippen molar-refractivity contribution in [3.8, 4) is 22.9 Å². The van der Waals surface area contributed by atoms with Crippen molar-refractivity contribution >= 4 is 11.5 Å². The minimum Gasteiger partial charge on any atom is -0.494 e. The summed E-state index contributed by atoms with van der Waals surface area (Å²) in [5.74, 6) is 2.87. The van der Waals surface area contributed by atoms with Crippen molar-refractivity contribution in [2.75, 3.05) is 18.5 Å². The Morgan fingerprint density at radius 2 is 1.84 bits per heavy atom. The van der Waals surface area contributed by atoms with Crippen LogP contribution in [0.2, 0.25) is 0 Å². The van der Waals surface area contributed by atoms with Gasteiger partial charge in [0.2, 0.25) is 0 Å². The lowest BCUT2D eigenvalue weighted by Gasteiger charge is -2.14. The Hall–Kier alpha value is -3.81. The third-order valence-corrected chi connectivity index (χ3v) is 4.74. The fraction of sp³-hybridized carbons (Fsp3) is 0.292. The zero-order valence-corrected chi connectivity index (χ0v) is 18.5. The van der Waals surface area contributed by atoms with E-state index < -0.39 is 0 Å². The summed E-state index contributed by atoms with van der Waals surface area (Å²) in [6.45, 7) is 7.76. The van der Waals surface area contributed by atoms with Gasteiger partial charge in [0, 0.05) is 11.6 Å². The van der Waals surface area contributed by atoms with Gasteiger partial charge in [0.15, 0.2) is 5.82 Å². The topological polar surface area (TPSA) is 93.5 Å². The number of hydrogen-bond donors (Lipinski definition) is 2. The number of H-pyrrole nitrogens is 1. The van der Waals surface area contributed by atoms with Crippen molar-refractivity contribution in [2.24, 2.45) is 5.92 Å². The summed E-state index contributed by atoms with van der Waals surface area (Å²) in [5, 5.41) is 6.33. The molecule has 0 aliphatic heterocycles. The molecular formula is C24H27N5O3. The van der Waals surface area contributed by atoms with E-state index >= 15 is 0 Å². The fourth-order valence-corrected chi connectivity index (χ4v) is 3.20. The van der Waals surface area contributed by atoms with Gasteiger partial charge in [0.1, 0.15) is 11.5 Å². The Labute approximate surface area is 186 Å². The number of nitrogens with one attached hydrogen (secondary N) is 2. The predicted octanol–water partition coefficient (Wildman–Crippen LogP) is 4.13. The van der Waals surface area contributed by atoms with Crippen molar-refractivity contribution in [1.29, 1.82) is 0 Å². The van der Waals surface area contributed by atoms with Crippen LogP contribution in [0.25, 0.3) is 17.2 Å². The number of fused-ring (bicyclic) bond motifs is 1. The highest BCUT2D eigenvalue weighted by Gasteiger charge is 2.11. The van der Waals surface area contributed by atoms with Crippen LogP contribution in [-0.2, 0) is 6.54 Å². The van der Waals surface area contributed by atoms with Gasteiger partial charge in [-0.3, -0.25) is 9.89 Å². The van der Waals surface area contributed by atoms with E-state index in [2.05, 4.69) is 34.2 Å². The van der Waals surface area contributed by atoms with Crippen molar-refractivity contribution in [1.82, 2.24) is 19.6 Å². The number of anilines is 1. The SMILES string of the molecule is CCOc1ccc(-c2nc3nc(CNc4ccccc4OCC(C)C)cc(=O)n3[nH]2)cc1. The van der Waals surface area contributed by atoms with Crippen LogP contribution in [0.3, 0.4) is 0 Å². The standard InChI is InChI=1S/C24H27N5O3/c1-4-31-19-11-9-17(10-12-19)23-27-24-26-18(13-22(30)29(24)28-23)14-25-20-7-5-6-8-21(20)32-15-16(2)3/h5-13,16,25H,4,14-15H2,1-3H3,(H,26,27,28). The molecule has 8 heteroatoms. The molecule has 0 aliphatic rings. The highest BCUT2D eigenvalue weighted by Crippen LogP contribution is 2.25. The number of aromatic amines is 1. The number of nitrogens with zero attached hydrogens (tertiary/aromatic N) is 3. The van der Waals surface area contributed by atoms with Gasteiger partial charge in [-0.2, -0.15) is 9.50 Å². The molecule has 0 saturated carbocycles. The Morgan fingerprint density at radius 1 is 1.06 bits per heavy atom. The first-order valence-electron chi connectivity index (χ1n) is 10.7. The summed E-state index contributed by atoms with van der Waals surface area (Å²) >= 11 is 0. The molecule has 0 spiro atoms. The molecular weight excluding hydrogens is 406 g/mol. The quantitative estimate of drug-likeness (QED) is 0.412. The first-order chi connectivity index (χ1) is 15.5. The summed E-state index contributed by atoms with van der Waals surface area (Å²) in [7, 11) is 0. The maximum absolute atomic E-state index is 12.6. The van der Waals surface area contributed by atoms with Crippen LogP contribution in [0.15, 0.2) is 59.4 Å². The molecule has 2 N–H and O–H groups in total. The molecule has 0 bridgehead atoms. The van der Waals surface area contributed by atoms with E-state index in [1.54, 1.807) is 0 Å². The molecule has 0 saturated heterocycles. The number of rotatable bonds is 9. The first-order valence-corrected chi connectivity index (χ1v) is 10.7. The molecule has 0 radical (unpaired) electrons.